The summed E-state index contributed by atoms with van der Waals surface area (Å²) in [5.74, 6) is 0.462. The number of rotatable bonds is 3. The molecule has 2 aromatic rings. The fourth-order valence-electron chi connectivity index (χ4n) is 3.95. The standard InChI is InChI=1S/C19H21N3O2S/c1-13-7-8-16-14(11-13)15-12-20(2)10-9-17(15)21(16)25-19-6-4-3-5-18(19)22(23)24/h3-8,11,15,17H,9-10,12H2,1-2H3/t15-,17+/m1/s1. The highest BCUT2D eigenvalue weighted by Crippen LogP contribution is 2.50. The second kappa shape index (κ2) is 6.35. The molecule has 0 aromatic heterocycles. The van der Waals surface area contributed by atoms with E-state index < -0.39 is 0 Å². The van der Waals surface area contributed by atoms with E-state index in [1.54, 1.807) is 12.1 Å². The Morgan fingerprint density at radius 3 is 2.84 bits per heavy atom. The normalized spacial score (nSPS) is 22.6. The van der Waals surface area contributed by atoms with Gasteiger partial charge in [-0.05, 0) is 56.6 Å². The third-order valence-electron chi connectivity index (χ3n) is 5.16. The quantitative estimate of drug-likeness (QED) is 0.469. The Morgan fingerprint density at radius 2 is 2.04 bits per heavy atom. The van der Waals surface area contributed by atoms with Crippen LogP contribution in [0.25, 0.3) is 0 Å². The maximum Gasteiger partial charge on any atom is 0.284 e. The van der Waals surface area contributed by atoms with Crippen LogP contribution in [0, 0.1) is 17.0 Å². The number of para-hydroxylation sites is 1. The number of nitro groups is 1. The van der Waals surface area contributed by atoms with E-state index in [9.17, 15) is 10.1 Å². The number of anilines is 1. The summed E-state index contributed by atoms with van der Waals surface area (Å²) in [5, 5.41) is 11.4. The maximum absolute atomic E-state index is 11.4. The Morgan fingerprint density at radius 1 is 1.24 bits per heavy atom. The van der Waals surface area contributed by atoms with Gasteiger partial charge >= 0.3 is 0 Å². The lowest BCUT2D eigenvalue weighted by Gasteiger charge is -2.36. The number of benzene rings is 2. The number of likely N-dealkylation sites (tertiary alicyclic amines) is 1. The molecule has 6 heteroatoms. The molecule has 2 heterocycles. The molecule has 2 aliphatic heterocycles. The predicted octanol–water partition coefficient (Wildman–Crippen LogP) is 4.22. The maximum atomic E-state index is 11.4. The molecule has 25 heavy (non-hydrogen) atoms. The number of nitro benzene ring substituents is 1. The van der Waals surface area contributed by atoms with Gasteiger partial charge in [-0.15, -0.1) is 0 Å². The molecule has 1 saturated heterocycles. The minimum Gasteiger partial charge on any atom is -0.308 e. The van der Waals surface area contributed by atoms with Gasteiger partial charge in [0.15, 0.2) is 0 Å². The third kappa shape index (κ3) is 2.89. The SMILES string of the molecule is Cc1ccc2c(c1)[C@H]1CN(C)CC[C@@H]1N2Sc1ccccc1[N+](=O)[O-]. The molecule has 0 amide bonds. The summed E-state index contributed by atoms with van der Waals surface area (Å²) in [6, 6.07) is 14.0. The van der Waals surface area contributed by atoms with Crippen LogP contribution in [0.2, 0.25) is 0 Å². The van der Waals surface area contributed by atoms with Crippen molar-refractivity contribution < 1.29 is 4.92 Å². The minimum atomic E-state index is -0.291. The summed E-state index contributed by atoms with van der Waals surface area (Å²) in [4.78, 5) is 14.2. The zero-order valence-electron chi connectivity index (χ0n) is 14.4. The monoisotopic (exact) mass is 355 g/mol. The molecule has 0 bridgehead atoms. The van der Waals surface area contributed by atoms with Crippen LogP contribution >= 0.6 is 11.9 Å². The summed E-state index contributed by atoms with van der Waals surface area (Å²) in [6.07, 6.45) is 1.07. The second-order valence-corrected chi connectivity index (χ2v) is 7.94. The number of hydrogen-bond donors (Lipinski definition) is 0. The first-order valence-corrected chi connectivity index (χ1v) is 9.31. The smallest absolute Gasteiger partial charge is 0.284 e. The first-order valence-electron chi connectivity index (χ1n) is 8.54. The topological polar surface area (TPSA) is 49.6 Å². The average Bonchev–Trinajstić information content (AvgIpc) is 2.88. The van der Waals surface area contributed by atoms with Crippen LogP contribution in [-0.2, 0) is 0 Å². The Hall–Kier alpha value is -2.05. The van der Waals surface area contributed by atoms with E-state index >= 15 is 0 Å². The highest BCUT2D eigenvalue weighted by Gasteiger charge is 2.42. The zero-order valence-corrected chi connectivity index (χ0v) is 15.2. The zero-order chi connectivity index (χ0) is 17.6. The number of piperidine rings is 1. The van der Waals surface area contributed by atoms with Gasteiger partial charge in [0.05, 0.1) is 16.7 Å². The Balaban J connectivity index is 1.74. The summed E-state index contributed by atoms with van der Waals surface area (Å²) < 4.78 is 2.31. The highest BCUT2D eigenvalue weighted by molar-refractivity contribution is 8.00. The number of nitrogens with zero attached hydrogens (tertiary/aromatic N) is 3. The van der Waals surface area contributed by atoms with E-state index in [1.807, 2.05) is 12.1 Å². The van der Waals surface area contributed by atoms with Crippen LogP contribution in [0.1, 0.15) is 23.5 Å². The van der Waals surface area contributed by atoms with Crippen molar-refractivity contribution in [3.63, 3.8) is 0 Å². The molecule has 4 rings (SSSR count). The van der Waals surface area contributed by atoms with Crippen molar-refractivity contribution in [3.8, 4) is 0 Å². The van der Waals surface area contributed by atoms with E-state index in [4.69, 9.17) is 0 Å². The van der Waals surface area contributed by atoms with Gasteiger partial charge in [0.1, 0.15) is 4.90 Å². The highest BCUT2D eigenvalue weighted by atomic mass is 32.2. The van der Waals surface area contributed by atoms with E-state index in [0.29, 0.717) is 16.9 Å². The largest absolute Gasteiger partial charge is 0.308 e. The lowest BCUT2D eigenvalue weighted by Crippen LogP contribution is -2.42. The van der Waals surface area contributed by atoms with E-state index in [2.05, 4.69) is 41.4 Å². The molecule has 0 unspecified atom stereocenters. The van der Waals surface area contributed by atoms with Crippen LogP contribution in [0.4, 0.5) is 11.4 Å². The molecule has 0 aliphatic carbocycles. The van der Waals surface area contributed by atoms with Gasteiger partial charge in [-0.2, -0.15) is 0 Å². The van der Waals surface area contributed by atoms with Crippen molar-refractivity contribution in [1.29, 1.82) is 0 Å². The molecule has 1 fully saturated rings. The number of aryl methyl sites for hydroxylation is 1. The Labute approximate surface area is 151 Å². The van der Waals surface area contributed by atoms with Crippen molar-refractivity contribution in [3.05, 3.63) is 63.7 Å². The molecule has 0 radical (unpaired) electrons. The lowest BCUT2D eigenvalue weighted by atomic mass is 9.89. The number of hydrogen-bond acceptors (Lipinski definition) is 5. The average molecular weight is 355 g/mol. The summed E-state index contributed by atoms with van der Waals surface area (Å²) in [6.45, 7) is 4.22. The molecule has 0 N–H and O–H groups in total. The first-order chi connectivity index (χ1) is 12.0. The van der Waals surface area contributed by atoms with Gasteiger partial charge in [0, 0.05) is 18.5 Å². The van der Waals surface area contributed by atoms with Crippen LogP contribution in [0.5, 0.6) is 0 Å². The first kappa shape index (κ1) is 16.4. The van der Waals surface area contributed by atoms with Crippen molar-refractivity contribution >= 4 is 23.3 Å². The van der Waals surface area contributed by atoms with Gasteiger partial charge in [0.25, 0.3) is 5.69 Å². The van der Waals surface area contributed by atoms with Gasteiger partial charge < -0.3 is 9.21 Å². The predicted molar refractivity (Wildman–Crippen MR) is 101 cm³/mol. The minimum absolute atomic E-state index is 0.178. The van der Waals surface area contributed by atoms with Gasteiger partial charge in [-0.25, -0.2) is 0 Å². The molecule has 5 nitrogen and oxygen atoms in total. The van der Waals surface area contributed by atoms with E-state index in [1.165, 1.54) is 28.8 Å². The molecule has 0 spiro atoms. The molecular formula is C19H21N3O2S. The Kier molecular flexibility index (Phi) is 4.17. The summed E-state index contributed by atoms with van der Waals surface area (Å²) in [7, 11) is 2.17. The molecule has 2 atom stereocenters. The summed E-state index contributed by atoms with van der Waals surface area (Å²) >= 11 is 1.51. The third-order valence-corrected chi connectivity index (χ3v) is 6.37. The Bertz CT molecular complexity index is 826. The van der Waals surface area contributed by atoms with Crippen LogP contribution in [0.3, 0.4) is 0 Å². The molecular weight excluding hydrogens is 334 g/mol. The lowest BCUT2D eigenvalue weighted by molar-refractivity contribution is -0.387. The number of likely N-dealkylation sites (N-methyl/N-ethyl adjacent to an activating group) is 1. The van der Waals surface area contributed by atoms with Crippen LogP contribution < -0.4 is 4.31 Å². The van der Waals surface area contributed by atoms with Crippen molar-refractivity contribution in [2.24, 2.45) is 0 Å². The van der Waals surface area contributed by atoms with Crippen LogP contribution in [0.15, 0.2) is 47.4 Å². The van der Waals surface area contributed by atoms with Crippen molar-refractivity contribution in [2.45, 2.75) is 30.2 Å². The van der Waals surface area contributed by atoms with Crippen molar-refractivity contribution in [2.75, 3.05) is 24.4 Å². The summed E-state index contributed by atoms with van der Waals surface area (Å²) in [5.41, 5.74) is 4.03. The van der Waals surface area contributed by atoms with Crippen molar-refractivity contribution in [1.82, 2.24) is 4.90 Å². The molecule has 2 aromatic carbocycles. The van der Waals surface area contributed by atoms with Gasteiger partial charge in [0.2, 0.25) is 0 Å². The molecule has 0 saturated carbocycles. The molecule has 130 valence electrons. The van der Waals surface area contributed by atoms with E-state index in [0.717, 1.165) is 19.5 Å². The van der Waals surface area contributed by atoms with Gasteiger partial charge in [-0.1, -0.05) is 29.8 Å². The van der Waals surface area contributed by atoms with Crippen LogP contribution in [-0.4, -0.2) is 36.0 Å². The fourth-order valence-corrected chi connectivity index (χ4v) is 5.19. The van der Waals surface area contributed by atoms with Gasteiger partial charge in [-0.3, -0.25) is 10.1 Å². The number of fused-ring (bicyclic) bond motifs is 3. The van der Waals surface area contributed by atoms with E-state index in [-0.39, 0.29) is 10.6 Å². The molecule has 2 aliphatic rings. The second-order valence-electron chi connectivity index (χ2n) is 6.93. The fraction of sp³-hybridized carbons (Fsp3) is 0.368.